The Balaban J connectivity index is 0.00000341. The Bertz CT molecular complexity index is 957. The highest BCUT2D eigenvalue weighted by Crippen LogP contribution is 2.22. The lowest BCUT2D eigenvalue weighted by Crippen LogP contribution is -2.43. The van der Waals surface area contributed by atoms with Crippen LogP contribution in [0, 0.1) is 6.92 Å². The summed E-state index contributed by atoms with van der Waals surface area (Å²) in [5.74, 6) is 0.563. The Morgan fingerprint density at radius 1 is 1.23 bits per heavy atom. The number of aliphatic imine (C=N–C) groups is 1. The van der Waals surface area contributed by atoms with E-state index in [0.29, 0.717) is 31.9 Å². The number of amides is 3. The average molecular weight is 540 g/mol. The summed E-state index contributed by atoms with van der Waals surface area (Å²) in [7, 11) is 1.73. The maximum atomic E-state index is 12.4. The Hall–Kier alpha value is -2.30. The van der Waals surface area contributed by atoms with Crippen molar-refractivity contribution in [2.75, 3.05) is 26.7 Å². The van der Waals surface area contributed by atoms with Gasteiger partial charge < -0.3 is 20.9 Å². The van der Waals surface area contributed by atoms with Gasteiger partial charge >= 0.3 is 6.03 Å². The molecule has 1 unspecified atom stereocenters. The largest absolute Gasteiger partial charge is 0.361 e. The molecule has 3 rings (SSSR count). The third kappa shape index (κ3) is 5.50. The molecule has 0 spiro atoms. The summed E-state index contributed by atoms with van der Waals surface area (Å²) < 4.78 is 0. The summed E-state index contributed by atoms with van der Waals surface area (Å²) in [6, 6.07) is 6.02. The molecule has 1 atom stereocenters. The van der Waals surface area contributed by atoms with Gasteiger partial charge in [-0.1, -0.05) is 25.1 Å². The maximum absolute atomic E-state index is 12.4. The number of para-hydroxylation sites is 1. The van der Waals surface area contributed by atoms with Gasteiger partial charge in [0.05, 0.1) is 0 Å². The second kappa shape index (κ2) is 10.8. The van der Waals surface area contributed by atoms with E-state index in [2.05, 4.69) is 57.2 Å². The van der Waals surface area contributed by atoms with Gasteiger partial charge in [-0.15, -0.1) is 24.0 Å². The monoisotopic (exact) mass is 540 g/mol. The quantitative estimate of drug-likeness (QED) is 0.136. The van der Waals surface area contributed by atoms with Crippen LogP contribution in [0.2, 0.25) is 0 Å². The Morgan fingerprint density at radius 3 is 2.65 bits per heavy atom. The van der Waals surface area contributed by atoms with Crippen LogP contribution in [0.4, 0.5) is 4.79 Å². The second-order valence-corrected chi connectivity index (χ2v) is 7.91. The number of halogens is 1. The van der Waals surface area contributed by atoms with Crippen LogP contribution in [0.25, 0.3) is 10.9 Å². The highest BCUT2D eigenvalue weighted by Gasteiger charge is 2.45. The number of carbonyl (C=O) groups excluding carboxylic acids is 2. The van der Waals surface area contributed by atoms with Gasteiger partial charge in [0, 0.05) is 43.8 Å². The fourth-order valence-electron chi connectivity index (χ4n) is 3.74. The van der Waals surface area contributed by atoms with Crippen LogP contribution in [-0.2, 0) is 11.2 Å². The molecule has 1 fully saturated rings. The van der Waals surface area contributed by atoms with Crippen molar-refractivity contribution < 1.29 is 9.59 Å². The summed E-state index contributed by atoms with van der Waals surface area (Å²) in [5.41, 5.74) is 2.93. The van der Waals surface area contributed by atoms with Crippen molar-refractivity contribution >= 4 is 52.8 Å². The van der Waals surface area contributed by atoms with Gasteiger partial charge in [-0.2, -0.15) is 0 Å². The lowest BCUT2D eigenvalue weighted by molar-refractivity contribution is -0.130. The predicted octanol–water partition coefficient (Wildman–Crippen LogP) is 2.91. The standard InChI is InChI=1S/C22H32N6O2.HI/c1-5-22(3)19(29)28(21(30)27-22)13-7-11-24-20(23-4)25-12-10-16-14-26-18-15(2)8-6-9-17(16)18;/h6,8-9,14,26H,5,7,10-13H2,1-4H3,(H,27,30)(H2,23,24,25);1H. The molecule has 2 heterocycles. The zero-order valence-electron chi connectivity index (χ0n) is 18.7. The van der Waals surface area contributed by atoms with Crippen molar-refractivity contribution in [3.63, 3.8) is 0 Å². The number of aromatic amines is 1. The van der Waals surface area contributed by atoms with Gasteiger partial charge in [-0.05, 0) is 44.2 Å². The second-order valence-electron chi connectivity index (χ2n) is 7.91. The van der Waals surface area contributed by atoms with E-state index in [1.54, 1.807) is 14.0 Å². The van der Waals surface area contributed by atoms with Crippen LogP contribution in [0.15, 0.2) is 29.4 Å². The molecule has 4 N–H and O–H groups in total. The Kier molecular flexibility index (Phi) is 8.72. The summed E-state index contributed by atoms with van der Waals surface area (Å²) in [5, 5.41) is 10.6. The van der Waals surface area contributed by atoms with Crippen molar-refractivity contribution in [3.05, 3.63) is 35.5 Å². The highest BCUT2D eigenvalue weighted by atomic mass is 127. The van der Waals surface area contributed by atoms with Crippen LogP contribution < -0.4 is 16.0 Å². The summed E-state index contributed by atoms with van der Waals surface area (Å²) in [6.45, 7) is 7.53. The van der Waals surface area contributed by atoms with Crippen molar-refractivity contribution in [2.24, 2.45) is 4.99 Å². The van der Waals surface area contributed by atoms with Crippen molar-refractivity contribution in [2.45, 2.75) is 45.6 Å². The summed E-state index contributed by atoms with van der Waals surface area (Å²) in [6.07, 6.45) is 4.18. The molecule has 1 saturated heterocycles. The van der Waals surface area contributed by atoms with Gasteiger partial charge in [0.15, 0.2) is 5.96 Å². The van der Waals surface area contributed by atoms with Gasteiger partial charge in [-0.25, -0.2) is 4.79 Å². The molecule has 3 amide bonds. The topological polar surface area (TPSA) is 102 Å². The molecule has 1 aliphatic rings. The van der Waals surface area contributed by atoms with Crippen molar-refractivity contribution in [3.8, 4) is 0 Å². The third-order valence-electron chi connectivity index (χ3n) is 5.82. The van der Waals surface area contributed by atoms with E-state index in [0.717, 1.165) is 13.0 Å². The molecule has 1 aromatic heterocycles. The number of hydrogen-bond acceptors (Lipinski definition) is 3. The van der Waals surface area contributed by atoms with E-state index in [1.807, 2.05) is 6.92 Å². The predicted molar refractivity (Wildman–Crippen MR) is 135 cm³/mol. The zero-order chi connectivity index (χ0) is 21.7. The minimum absolute atomic E-state index is 0. The molecule has 0 bridgehead atoms. The Morgan fingerprint density at radius 2 is 1.97 bits per heavy atom. The molecule has 2 aromatic rings. The number of urea groups is 1. The number of carbonyl (C=O) groups is 2. The van der Waals surface area contributed by atoms with Crippen molar-refractivity contribution in [1.29, 1.82) is 0 Å². The van der Waals surface area contributed by atoms with E-state index in [1.165, 1.54) is 26.9 Å². The minimum atomic E-state index is -0.775. The first-order chi connectivity index (χ1) is 14.4. The van der Waals surface area contributed by atoms with Gasteiger partial charge in [0.2, 0.25) is 0 Å². The molecular weight excluding hydrogens is 507 g/mol. The van der Waals surface area contributed by atoms with Gasteiger partial charge in [0.1, 0.15) is 5.54 Å². The molecule has 0 saturated carbocycles. The molecule has 1 aliphatic heterocycles. The molecular formula is C22H33IN6O2. The molecule has 1 aromatic carbocycles. The smallest absolute Gasteiger partial charge is 0.325 e. The van der Waals surface area contributed by atoms with Crippen LogP contribution in [0.3, 0.4) is 0 Å². The van der Waals surface area contributed by atoms with E-state index in [-0.39, 0.29) is 35.9 Å². The number of aryl methyl sites for hydroxylation is 1. The summed E-state index contributed by atoms with van der Waals surface area (Å²) >= 11 is 0. The fourth-order valence-corrected chi connectivity index (χ4v) is 3.74. The van der Waals surface area contributed by atoms with E-state index >= 15 is 0 Å². The number of guanidine groups is 1. The lowest BCUT2D eigenvalue weighted by atomic mass is 9.99. The zero-order valence-corrected chi connectivity index (χ0v) is 21.0. The van der Waals surface area contributed by atoms with E-state index in [9.17, 15) is 9.59 Å². The molecule has 8 nitrogen and oxygen atoms in total. The highest BCUT2D eigenvalue weighted by molar-refractivity contribution is 14.0. The molecule has 9 heteroatoms. The maximum Gasteiger partial charge on any atom is 0.325 e. The molecule has 0 radical (unpaired) electrons. The van der Waals surface area contributed by atoms with E-state index < -0.39 is 5.54 Å². The van der Waals surface area contributed by atoms with Crippen LogP contribution >= 0.6 is 24.0 Å². The Labute approximate surface area is 200 Å². The number of nitrogens with zero attached hydrogens (tertiary/aromatic N) is 2. The van der Waals surface area contributed by atoms with Gasteiger partial charge in [-0.3, -0.25) is 14.7 Å². The van der Waals surface area contributed by atoms with Crippen molar-refractivity contribution in [1.82, 2.24) is 25.8 Å². The lowest BCUT2D eigenvalue weighted by Gasteiger charge is -2.19. The number of imide groups is 1. The number of H-pyrrole nitrogens is 1. The number of fused-ring (bicyclic) bond motifs is 1. The molecule has 31 heavy (non-hydrogen) atoms. The number of benzene rings is 1. The summed E-state index contributed by atoms with van der Waals surface area (Å²) in [4.78, 5) is 33.4. The first-order valence-corrected chi connectivity index (χ1v) is 10.5. The van der Waals surface area contributed by atoms with Gasteiger partial charge in [0.25, 0.3) is 5.91 Å². The number of rotatable bonds is 8. The number of hydrogen-bond donors (Lipinski definition) is 4. The number of aromatic nitrogens is 1. The fraction of sp³-hybridized carbons (Fsp3) is 0.500. The van der Waals surface area contributed by atoms with Crippen LogP contribution in [0.5, 0.6) is 0 Å². The normalized spacial score (nSPS) is 18.8. The molecule has 0 aliphatic carbocycles. The first-order valence-electron chi connectivity index (χ1n) is 10.5. The number of nitrogens with one attached hydrogen (secondary N) is 4. The van der Waals surface area contributed by atoms with Crippen LogP contribution in [0.1, 0.15) is 37.8 Å². The minimum Gasteiger partial charge on any atom is -0.361 e. The van der Waals surface area contributed by atoms with Crippen LogP contribution in [-0.4, -0.2) is 60.0 Å². The molecule has 170 valence electrons. The third-order valence-corrected chi connectivity index (χ3v) is 5.82. The first kappa shape index (κ1) is 25.0. The average Bonchev–Trinajstić information content (AvgIpc) is 3.24. The van der Waals surface area contributed by atoms with E-state index in [4.69, 9.17) is 0 Å². The SMILES string of the molecule is CCC1(C)NC(=O)N(CCCNC(=NC)NCCc2c[nH]c3c(C)cccc23)C1=O.I.